The topological polar surface area (TPSA) is 61.8 Å². The summed E-state index contributed by atoms with van der Waals surface area (Å²) in [5.74, 6) is 0.0448. The largest absolute Gasteiger partial charge is 0.489 e. The van der Waals surface area contributed by atoms with Crippen LogP contribution >= 0.6 is 0 Å². The van der Waals surface area contributed by atoms with Crippen LogP contribution in [0.25, 0.3) is 0 Å². The smallest absolute Gasteiger partial charge is 0.326 e. The Morgan fingerprint density at radius 3 is 2.63 bits per heavy atom. The summed E-state index contributed by atoms with van der Waals surface area (Å²) in [6.07, 6.45) is 1.20. The zero-order chi connectivity index (χ0) is 19.4. The van der Waals surface area contributed by atoms with Crippen molar-refractivity contribution in [2.45, 2.75) is 25.8 Å². The van der Waals surface area contributed by atoms with E-state index in [2.05, 4.69) is 17.4 Å². The Morgan fingerprint density at radius 2 is 1.96 bits per heavy atom. The summed E-state index contributed by atoms with van der Waals surface area (Å²) < 4.78 is 5.94. The lowest BCUT2D eigenvalue weighted by Crippen LogP contribution is -2.38. The van der Waals surface area contributed by atoms with Crippen molar-refractivity contribution in [1.82, 2.24) is 5.32 Å². The van der Waals surface area contributed by atoms with Crippen LogP contribution < -0.4 is 15.0 Å². The molecule has 2 N–H and O–H groups in total. The van der Waals surface area contributed by atoms with Crippen molar-refractivity contribution in [2.75, 3.05) is 25.6 Å². The van der Waals surface area contributed by atoms with E-state index < -0.39 is 12.0 Å². The number of aliphatic carboxylic acids is 1. The van der Waals surface area contributed by atoms with Gasteiger partial charge in [0.15, 0.2) is 0 Å². The summed E-state index contributed by atoms with van der Waals surface area (Å²) in [6.45, 7) is 2.40. The lowest BCUT2D eigenvalue weighted by atomic mass is 9.99. The van der Waals surface area contributed by atoms with Crippen molar-refractivity contribution in [3.8, 4) is 5.75 Å². The van der Waals surface area contributed by atoms with E-state index in [1.807, 2.05) is 62.3 Å². The molecule has 142 valence electrons. The lowest BCUT2D eigenvalue weighted by Gasteiger charge is -2.25. The molecule has 3 rings (SSSR count). The zero-order valence-electron chi connectivity index (χ0n) is 16.0. The molecule has 1 aliphatic heterocycles. The second-order valence-corrected chi connectivity index (χ2v) is 7.11. The van der Waals surface area contributed by atoms with Crippen LogP contribution in [0.5, 0.6) is 5.75 Å². The van der Waals surface area contributed by atoms with Gasteiger partial charge in [0.25, 0.3) is 0 Å². The minimum atomic E-state index is -0.855. The first-order valence-electron chi connectivity index (χ1n) is 9.09. The Labute approximate surface area is 160 Å². The van der Waals surface area contributed by atoms with E-state index in [0.29, 0.717) is 13.0 Å². The van der Waals surface area contributed by atoms with Gasteiger partial charge < -0.3 is 20.1 Å². The van der Waals surface area contributed by atoms with Gasteiger partial charge in [-0.15, -0.1) is 0 Å². The van der Waals surface area contributed by atoms with Crippen molar-refractivity contribution < 1.29 is 14.6 Å². The summed E-state index contributed by atoms with van der Waals surface area (Å²) >= 11 is 0. The molecule has 1 aliphatic rings. The molecule has 2 aromatic carbocycles. The maximum Gasteiger partial charge on any atom is 0.326 e. The van der Waals surface area contributed by atoms with Crippen molar-refractivity contribution >= 4 is 11.7 Å². The Balaban J connectivity index is 1.74. The maximum absolute atomic E-state index is 11.7. The molecule has 0 radical (unpaired) electrons. The van der Waals surface area contributed by atoms with Crippen LogP contribution in [0.2, 0.25) is 0 Å². The molecule has 0 bridgehead atoms. The van der Waals surface area contributed by atoms with Crippen molar-refractivity contribution in [1.29, 1.82) is 0 Å². The summed E-state index contributed by atoms with van der Waals surface area (Å²) in [4.78, 5) is 13.7. The number of hydrogen-bond acceptors (Lipinski definition) is 4. The van der Waals surface area contributed by atoms with Crippen LogP contribution in [0.1, 0.15) is 18.1 Å². The highest BCUT2D eigenvalue weighted by atomic mass is 16.5. The van der Waals surface area contributed by atoms with E-state index in [0.717, 1.165) is 40.3 Å². The number of nitrogens with one attached hydrogen (secondary N) is 1. The molecular weight excluding hydrogens is 340 g/mol. The Bertz CT molecular complexity index is 844. The van der Waals surface area contributed by atoms with Crippen LogP contribution in [-0.2, 0) is 17.6 Å². The van der Waals surface area contributed by atoms with Gasteiger partial charge in [-0.2, -0.15) is 0 Å². The zero-order valence-corrected chi connectivity index (χ0v) is 16.0. The first-order chi connectivity index (χ1) is 12.9. The predicted molar refractivity (Wildman–Crippen MR) is 107 cm³/mol. The minimum Gasteiger partial charge on any atom is -0.489 e. The van der Waals surface area contributed by atoms with Crippen molar-refractivity contribution in [3.63, 3.8) is 0 Å². The van der Waals surface area contributed by atoms with Gasteiger partial charge in [0, 0.05) is 44.4 Å². The van der Waals surface area contributed by atoms with Gasteiger partial charge in [-0.25, -0.2) is 4.79 Å². The molecule has 1 atom stereocenters. The van der Waals surface area contributed by atoms with E-state index in [9.17, 15) is 9.90 Å². The van der Waals surface area contributed by atoms with Crippen molar-refractivity contribution in [3.05, 3.63) is 70.9 Å². The molecule has 0 fully saturated rings. The Morgan fingerprint density at radius 1 is 1.22 bits per heavy atom. The van der Waals surface area contributed by atoms with Crippen molar-refractivity contribution in [2.24, 2.45) is 0 Å². The molecule has 0 amide bonds. The molecule has 0 unspecified atom stereocenters. The number of ether oxygens (including phenoxy) is 1. The first kappa shape index (κ1) is 18.8. The fraction of sp³-hybridized carbons (Fsp3) is 0.318. The second kappa shape index (κ2) is 8.16. The fourth-order valence-electron chi connectivity index (χ4n) is 3.20. The maximum atomic E-state index is 11.7. The number of benzene rings is 2. The van der Waals surface area contributed by atoms with Gasteiger partial charge in [0.05, 0.1) is 0 Å². The van der Waals surface area contributed by atoms with Gasteiger partial charge in [-0.1, -0.05) is 36.4 Å². The minimum absolute atomic E-state index is 0.435. The second-order valence-electron chi connectivity index (χ2n) is 7.11. The van der Waals surface area contributed by atoms with E-state index in [1.54, 1.807) is 0 Å². The van der Waals surface area contributed by atoms with E-state index in [1.165, 1.54) is 0 Å². The Hall–Kier alpha value is -2.95. The molecule has 27 heavy (non-hydrogen) atoms. The van der Waals surface area contributed by atoms with Gasteiger partial charge in [-0.05, 0) is 29.7 Å². The third kappa shape index (κ3) is 4.61. The van der Waals surface area contributed by atoms with E-state index >= 15 is 0 Å². The third-order valence-electron chi connectivity index (χ3n) is 4.87. The molecule has 0 aromatic heterocycles. The van der Waals surface area contributed by atoms with E-state index in [4.69, 9.17) is 4.74 Å². The van der Waals surface area contributed by atoms with Crippen LogP contribution in [0.3, 0.4) is 0 Å². The predicted octanol–water partition coefficient (Wildman–Crippen LogP) is 3.25. The first-order valence-corrected chi connectivity index (χ1v) is 9.09. The summed E-state index contributed by atoms with van der Waals surface area (Å²) in [7, 11) is 4.01. The van der Waals surface area contributed by atoms with Gasteiger partial charge in [0.1, 0.15) is 18.4 Å². The molecule has 0 saturated heterocycles. The van der Waals surface area contributed by atoms with Crippen LogP contribution in [0.4, 0.5) is 5.69 Å². The number of nitrogens with zero attached hydrogens (tertiary/aromatic N) is 1. The number of fused-ring (bicyclic) bond motifs is 1. The molecule has 0 saturated carbocycles. The Kier molecular flexibility index (Phi) is 5.69. The number of carboxylic acids is 1. The van der Waals surface area contributed by atoms with Crippen LogP contribution in [0.15, 0.2) is 59.8 Å². The standard InChI is InChI=1S/C22H26N2O3/c1-15(23-20(22(25)26)11-16-7-5-4-6-8-16)18-12-17-9-10-19(24(2)3)13-21(17)27-14-18/h4-10,13,20,23H,11-12,14H2,1-3H3,(H,25,26)/b18-15-/t20-/m0/s1. The number of rotatable bonds is 6. The summed E-state index contributed by atoms with van der Waals surface area (Å²) in [5, 5.41) is 12.8. The highest BCUT2D eigenvalue weighted by molar-refractivity contribution is 5.74. The van der Waals surface area contributed by atoms with Gasteiger partial charge in [-0.3, -0.25) is 0 Å². The number of carbonyl (C=O) groups is 1. The monoisotopic (exact) mass is 366 g/mol. The normalized spacial score (nSPS) is 16.0. The number of carboxylic acid groups (broad SMARTS) is 1. The average molecular weight is 366 g/mol. The molecular formula is C22H26N2O3. The molecule has 2 aromatic rings. The highest BCUT2D eigenvalue weighted by Gasteiger charge is 2.21. The number of anilines is 1. The molecule has 0 spiro atoms. The molecule has 1 heterocycles. The summed E-state index contributed by atoms with van der Waals surface area (Å²) in [6, 6.07) is 15.2. The number of hydrogen-bond donors (Lipinski definition) is 2. The summed E-state index contributed by atoms with van der Waals surface area (Å²) in [5.41, 5.74) is 5.18. The third-order valence-corrected chi connectivity index (χ3v) is 4.87. The fourth-order valence-corrected chi connectivity index (χ4v) is 3.20. The highest BCUT2D eigenvalue weighted by Crippen LogP contribution is 2.31. The molecule has 5 nitrogen and oxygen atoms in total. The van der Waals surface area contributed by atoms with Gasteiger partial charge in [0.2, 0.25) is 0 Å². The lowest BCUT2D eigenvalue weighted by molar-refractivity contribution is -0.139. The van der Waals surface area contributed by atoms with Gasteiger partial charge >= 0.3 is 5.97 Å². The molecule has 5 heteroatoms. The quantitative estimate of drug-likeness (QED) is 0.822. The SMILES string of the molecule is C/C(N[C@@H](Cc1ccccc1)C(=O)O)=C1/COc2cc(N(C)C)ccc2C1. The number of allylic oxidation sites excluding steroid dienone is 1. The molecule has 0 aliphatic carbocycles. The van der Waals surface area contributed by atoms with E-state index in [-0.39, 0.29) is 0 Å². The average Bonchev–Trinajstić information content (AvgIpc) is 2.67. The van der Waals surface area contributed by atoms with Crippen LogP contribution in [-0.4, -0.2) is 37.8 Å². The van der Waals surface area contributed by atoms with Crippen LogP contribution in [0, 0.1) is 0 Å².